The Bertz CT molecular complexity index is 147. The third-order valence-electron chi connectivity index (χ3n) is 3.16. The minimum atomic E-state index is 0.318. The van der Waals surface area contributed by atoms with Crippen molar-refractivity contribution in [2.75, 3.05) is 32.8 Å². The average molecular weight is 214 g/mol. The first-order valence-electron chi connectivity index (χ1n) is 6.39. The molecule has 90 valence electrons. The molecule has 2 N–H and O–H groups in total. The van der Waals surface area contributed by atoms with Gasteiger partial charge in [0.05, 0.1) is 0 Å². The van der Waals surface area contributed by atoms with Crippen LogP contribution in [0.3, 0.4) is 0 Å². The van der Waals surface area contributed by atoms with Crippen LogP contribution in [-0.4, -0.2) is 48.8 Å². The van der Waals surface area contributed by atoms with Gasteiger partial charge in [-0.2, -0.15) is 0 Å². The van der Waals surface area contributed by atoms with Gasteiger partial charge in [-0.15, -0.1) is 0 Å². The summed E-state index contributed by atoms with van der Waals surface area (Å²) in [7, 11) is 0. The molecule has 1 fully saturated rings. The summed E-state index contributed by atoms with van der Waals surface area (Å²) in [4.78, 5) is 2.55. The smallest absolute Gasteiger partial charge is 0.0431 e. The monoisotopic (exact) mass is 214 g/mol. The summed E-state index contributed by atoms with van der Waals surface area (Å²) < 4.78 is 0. The highest BCUT2D eigenvalue weighted by Crippen LogP contribution is 2.07. The van der Waals surface area contributed by atoms with E-state index < -0.39 is 0 Å². The van der Waals surface area contributed by atoms with E-state index in [1.807, 2.05) is 0 Å². The summed E-state index contributed by atoms with van der Waals surface area (Å²) in [6.07, 6.45) is 6.16. The van der Waals surface area contributed by atoms with Crippen LogP contribution in [0.15, 0.2) is 0 Å². The number of piperidine rings is 1. The number of nitrogens with zero attached hydrogens (tertiary/aromatic N) is 1. The van der Waals surface area contributed by atoms with E-state index in [0.29, 0.717) is 12.6 Å². The first kappa shape index (κ1) is 12.9. The van der Waals surface area contributed by atoms with E-state index >= 15 is 0 Å². The molecule has 3 nitrogen and oxygen atoms in total. The van der Waals surface area contributed by atoms with Crippen LogP contribution >= 0.6 is 0 Å². The second-order valence-corrected chi connectivity index (χ2v) is 4.62. The van der Waals surface area contributed by atoms with E-state index in [4.69, 9.17) is 5.11 Å². The lowest BCUT2D eigenvalue weighted by molar-refractivity contribution is 0.224. The molecule has 1 aliphatic heterocycles. The molecule has 0 bridgehead atoms. The second-order valence-electron chi connectivity index (χ2n) is 4.62. The largest absolute Gasteiger partial charge is 0.396 e. The zero-order valence-electron chi connectivity index (χ0n) is 10.0. The summed E-state index contributed by atoms with van der Waals surface area (Å²) >= 11 is 0. The summed E-state index contributed by atoms with van der Waals surface area (Å²) in [5.74, 6) is 0. The highest BCUT2D eigenvalue weighted by atomic mass is 16.2. The highest BCUT2D eigenvalue weighted by molar-refractivity contribution is 4.67. The molecule has 1 saturated heterocycles. The molecular weight excluding hydrogens is 188 g/mol. The highest BCUT2D eigenvalue weighted by Gasteiger charge is 2.09. The second kappa shape index (κ2) is 8.08. The maximum Gasteiger partial charge on any atom is 0.0431 e. The van der Waals surface area contributed by atoms with E-state index in [1.54, 1.807) is 0 Å². The van der Waals surface area contributed by atoms with Crippen molar-refractivity contribution >= 4 is 0 Å². The Morgan fingerprint density at radius 3 is 2.67 bits per heavy atom. The van der Waals surface area contributed by atoms with Crippen molar-refractivity contribution in [2.45, 2.75) is 45.1 Å². The molecule has 3 heteroatoms. The van der Waals surface area contributed by atoms with Crippen LogP contribution in [0.2, 0.25) is 0 Å². The fourth-order valence-corrected chi connectivity index (χ4v) is 2.15. The minimum absolute atomic E-state index is 0.318. The zero-order valence-corrected chi connectivity index (χ0v) is 10.0. The van der Waals surface area contributed by atoms with Crippen molar-refractivity contribution in [3.8, 4) is 0 Å². The Morgan fingerprint density at radius 1 is 1.27 bits per heavy atom. The Labute approximate surface area is 93.9 Å². The average Bonchev–Trinajstić information content (AvgIpc) is 2.28. The SMILES string of the molecule is CC(CCCO)NCCN1CCCCC1. The lowest BCUT2D eigenvalue weighted by atomic mass is 10.1. The van der Waals surface area contributed by atoms with Crippen LogP contribution in [0.25, 0.3) is 0 Å². The van der Waals surface area contributed by atoms with Crippen molar-refractivity contribution < 1.29 is 5.11 Å². The van der Waals surface area contributed by atoms with Crippen molar-refractivity contribution in [1.82, 2.24) is 10.2 Å². The number of nitrogens with one attached hydrogen (secondary N) is 1. The third kappa shape index (κ3) is 6.13. The molecule has 1 atom stereocenters. The van der Waals surface area contributed by atoms with Gasteiger partial charge in [0.2, 0.25) is 0 Å². The number of aliphatic hydroxyl groups is 1. The Balaban J connectivity index is 1.94. The molecule has 0 aromatic carbocycles. The van der Waals surface area contributed by atoms with Crippen LogP contribution in [0.4, 0.5) is 0 Å². The zero-order chi connectivity index (χ0) is 10.9. The van der Waals surface area contributed by atoms with E-state index in [9.17, 15) is 0 Å². The Hall–Kier alpha value is -0.120. The molecule has 15 heavy (non-hydrogen) atoms. The first-order chi connectivity index (χ1) is 7.33. The molecule has 1 unspecified atom stereocenters. The normalized spacial score (nSPS) is 20.4. The van der Waals surface area contributed by atoms with Crippen molar-refractivity contribution in [1.29, 1.82) is 0 Å². The molecule has 0 spiro atoms. The number of aliphatic hydroxyl groups excluding tert-OH is 1. The topological polar surface area (TPSA) is 35.5 Å². The van der Waals surface area contributed by atoms with Crippen LogP contribution in [0, 0.1) is 0 Å². The summed E-state index contributed by atoms with van der Waals surface area (Å²) in [6.45, 7) is 7.36. The Kier molecular flexibility index (Phi) is 6.98. The van der Waals surface area contributed by atoms with Crippen LogP contribution in [0.1, 0.15) is 39.0 Å². The van der Waals surface area contributed by atoms with Gasteiger partial charge in [0, 0.05) is 25.7 Å². The van der Waals surface area contributed by atoms with Gasteiger partial charge in [-0.25, -0.2) is 0 Å². The van der Waals surface area contributed by atoms with Crippen LogP contribution < -0.4 is 5.32 Å². The van der Waals surface area contributed by atoms with Crippen LogP contribution in [-0.2, 0) is 0 Å². The van der Waals surface area contributed by atoms with Gasteiger partial charge in [-0.1, -0.05) is 6.42 Å². The molecule has 0 aliphatic carbocycles. The molecule has 1 rings (SSSR count). The molecule has 1 aliphatic rings. The maximum absolute atomic E-state index is 8.71. The van der Waals surface area contributed by atoms with Gasteiger partial charge in [0.25, 0.3) is 0 Å². The molecular formula is C12H26N2O. The number of likely N-dealkylation sites (tertiary alicyclic amines) is 1. The first-order valence-corrected chi connectivity index (χ1v) is 6.39. The fraction of sp³-hybridized carbons (Fsp3) is 1.00. The third-order valence-corrected chi connectivity index (χ3v) is 3.16. The van der Waals surface area contributed by atoms with Crippen molar-refractivity contribution in [3.63, 3.8) is 0 Å². The van der Waals surface area contributed by atoms with Gasteiger partial charge in [0.15, 0.2) is 0 Å². The number of hydrogen-bond acceptors (Lipinski definition) is 3. The minimum Gasteiger partial charge on any atom is -0.396 e. The quantitative estimate of drug-likeness (QED) is 0.669. The van der Waals surface area contributed by atoms with Gasteiger partial charge < -0.3 is 15.3 Å². The predicted octanol–water partition coefficient (Wildman–Crippen LogP) is 1.22. The van der Waals surface area contributed by atoms with E-state index in [1.165, 1.54) is 38.9 Å². The summed E-state index contributed by atoms with van der Waals surface area (Å²) in [5.41, 5.74) is 0. The molecule has 0 aromatic heterocycles. The van der Waals surface area contributed by atoms with E-state index in [-0.39, 0.29) is 0 Å². The number of hydrogen-bond donors (Lipinski definition) is 2. The van der Waals surface area contributed by atoms with Gasteiger partial charge in [0.1, 0.15) is 0 Å². The standard InChI is InChI=1S/C12H26N2O/c1-12(6-5-11-15)13-7-10-14-8-3-2-4-9-14/h12-13,15H,2-11H2,1H3. The molecule has 0 aromatic rings. The van der Waals surface area contributed by atoms with Gasteiger partial charge >= 0.3 is 0 Å². The van der Waals surface area contributed by atoms with Crippen molar-refractivity contribution in [3.05, 3.63) is 0 Å². The summed E-state index contributed by atoms with van der Waals surface area (Å²) in [6, 6.07) is 0.543. The lowest BCUT2D eigenvalue weighted by Gasteiger charge is -2.27. The molecule has 0 radical (unpaired) electrons. The Morgan fingerprint density at radius 2 is 2.00 bits per heavy atom. The molecule has 0 saturated carbocycles. The van der Waals surface area contributed by atoms with E-state index in [2.05, 4.69) is 17.1 Å². The molecule has 0 amide bonds. The number of rotatable bonds is 7. The molecule has 1 heterocycles. The van der Waals surface area contributed by atoms with Crippen LogP contribution in [0.5, 0.6) is 0 Å². The van der Waals surface area contributed by atoms with E-state index in [0.717, 1.165) is 19.4 Å². The fourth-order valence-electron chi connectivity index (χ4n) is 2.15. The van der Waals surface area contributed by atoms with Gasteiger partial charge in [-0.3, -0.25) is 0 Å². The predicted molar refractivity (Wildman–Crippen MR) is 64.1 cm³/mol. The lowest BCUT2D eigenvalue weighted by Crippen LogP contribution is -2.38. The summed E-state index contributed by atoms with van der Waals surface area (Å²) in [5, 5.41) is 12.2. The van der Waals surface area contributed by atoms with Gasteiger partial charge in [-0.05, 0) is 45.7 Å². The maximum atomic E-state index is 8.71. The van der Waals surface area contributed by atoms with Crippen molar-refractivity contribution in [2.24, 2.45) is 0 Å².